The molecule has 140 valence electrons. The molecule has 1 N–H and O–H groups in total. The van der Waals surface area contributed by atoms with Gasteiger partial charge in [0.2, 0.25) is 11.7 Å². The number of hydrogen-bond donors (Lipinski definition) is 1. The minimum atomic E-state index is -0.473. The standard InChI is InChI=1S/C18H17N3O5S/c1-24-11-6-9(7-12(25-2)15(11)26-3)10-8-13(22)19-16-14(10)17(23)20-18-21(16)4-5-27-18/h4-7,10H,8H2,1-3H3,(H,19,22). The average Bonchev–Trinajstić information content (AvgIpc) is 3.14. The monoisotopic (exact) mass is 387 g/mol. The lowest BCUT2D eigenvalue weighted by molar-refractivity contribution is -0.116. The second-order valence-corrected chi connectivity index (χ2v) is 6.87. The first-order valence-electron chi connectivity index (χ1n) is 8.17. The van der Waals surface area contributed by atoms with Crippen LogP contribution in [0, 0.1) is 0 Å². The highest BCUT2D eigenvalue weighted by atomic mass is 32.1. The molecule has 0 radical (unpaired) electrons. The second kappa shape index (κ2) is 6.58. The van der Waals surface area contributed by atoms with E-state index in [0.717, 1.165) is 5.56 Å². The zero-order valence-corrected chi connectivity index (χ0v) is 15.8. The van der Waals surface area contributed by atoms with E-state index >= 15 is 0 Å². The smallest absolute Gasteiger partial charge is 0.279 e. The first-order chi connectivity index (χ1) is 13.1. The summed E-state index contributed by atoms with van der Waals surface area (Å²) in [5.41, 5.74) is 0.806. The number of nitrogens with one attached hydrogen (secondary N) is 1. The molecule has 0 saturated heterocycles. The van der Waals surface area contributed by atoms with Crippen molar-refractivity contribution in [1.29, 1.82) is 0 Å². The van der Waals surface area contributed by atoms with Crippen molar-refractivity contribution in [2.75, 3.05) is 26.6 Å². The number of thiazole rings is 1. The minimum Gasteiger partial charge on any atom is -0.493 e. The fourth-order valence-corrected chi connectivity index (χ4v) is 4.11. The lowest BCUT2D eigenvalue weighted by Gasteiger charge is -2.26. The van der Waals surface area contributed by atoms with Gasteiger partial charge >= 0.3 is 0 Å². The number of aromatic nitrogens is 2. The maximum atomic E-state index is 12.7. The largest absolute Gasteiger partial charge is 0.493 e. The molecule has 0 aliphatic carbocycles. The van der Waals surface area contributed by atoms with Crippen LogP contribution in [0.3, 0.4) is 0 Å². The number of carbonyl (C=O) groups excluding carboxylic acids is 1. The summed E-state index contributed by atoms with van der Waals surface area (Å²) in [7, 11) is 4.56. The molecule has 9 heteroatoms. The summed E-state index contributed by atoms with van der Waals surface area (Å²) < 4.78 is 17.9. The van der Waals surface area contributed by atoms with Crippen LogP contribution in [-0.2, 0) is 4.79 Å². The van der Waals surface area contributed by atoms with Gasteiger partial charge in [-0.2, -0.15) is 4.98 Å². The van der Waals surface area contributed by atoms with E-state index in [1.807, 2.05) is 5.38 Å². The zero-order chi connectivity index (χ0) is 19.1. The molecule has 1 atom stereocenters. The van der Waals surface area contributed by atoms with Crippen LogP contribution in [0.25, 0.3) is 4.96 Å². The van der Waals surface area contributed by atoms with Gasteiger partial charge in [-0.15, -0.1) is 11.3 Å². The van der Waals surface area contributed by atoms with E-state index in [9.17, 15) is 9.59 Å². The Morgan fingerprint density at radius 2 is 1.85 bits per heavy atom. The van der Waals surface area contributed by atoms with E-state index in [2.05, 4.69) is 10.3 Å². The highest BCUT2D eigenvalue weighted by Gasteiger charge is 2.33. The van der Waals surface area contributed by atoms with Gasteiger partial charge in [0.1, 0.15) is 5.82 Å². The molecule has 2 aromatic heterocycles. The van der Waals surface area contributed by atoms with E-state index in [4.69, 9.17) is 14.2 Å². The Labute approximate surface area is 158 Å². The van der Waals surface area contributed by atoms with E-state index < -0.39 is 5.92 Å². The van der Waals surface area contributed by atoms with Crippen LogP contribution in [0.4, 0.5) is 5.82 Å². The molecule has 0 saturated carbocycles. The quantitative estimate of drug-likeness (QED) is 0.738. The summed E-state index contributed by atoms with van der Waals surface area (Å²) in [6.07, 6.45) is 1.90. The van der Waals surface area contributed by atoms with Gasteiger partial charge in [-0.05, 0) is 17.7 Å². The summed E-state index contributed by atoms with van der Waals surface area (Å²) >= 11 is 1.33. The average molecular weight is 387 g/mol. The molecule has 1 aromatic carbocycles. The van der Waals surface area contributed by atoms with Crippen LogP contribution in [0.1, 0.15) is 23.5 Å². The number of nitrogens with zero attached hydrogens (tertiary/aromatic N) is 2. The van der Waals surface area contributed by atoms with E-state index in [1.165, 1.54) is 32.7 Å². The molecule has 27 heavy (non-hydrogen) atoms. The van der Waals surface area contributed by atoms with Crippen LogP contribution >= 0.6 is 11.3 Å². The van der Waals surface area contributed by atoms with Gasteiger partial charge in [-0.25, -0.2) is 0 Å². The third-order valence-corrected chi connectivity index (χ3v) is 5.35. The van der Waals surface area contributed by atoms with E-state index in [-0.39, 0.29) is 17.9 Å². The summed E-state index contributed by atoms with van der Waals surface area (Å²) in [5, 5.41) is 4.63. The van der Waals surface area contributed by atoms with Gasteiger partial charge in [-0.3, -0.25) is 14.0 Å². The van der Waals surface area contributed by atoms with Crippen molar-refractivity contribution in [3.8, 4) is 17.2 Å². The van der Waals surface area contributed by atoms with Crippen LogP contribution in [0.15, 0.2) is 28.5 Å². The Morgan fingerprint density at radius 3 is 2.48 bits per heavy atom. The van der Waals surface area contributed by atoms with Crippen LogP contribution in [0.5, 0.6) is 17.2 Å². The van der Waals surface area contributed by atoms with Gasteiger partial charge < -0.3 is 19.5 Å². The van der Waals surface area contributed by atoms with Gasteiger partial charge in [0, 0.05) is 23.9 Å². The number of anilines is 1. The number of carbonyl (C=O) groups is 1. The number of benzene rings is 1. The predicted molar refractivity (Wildman–Crippen MR) is 101 cm³/mol. The number of fused-ring (bicyclic) bond motifs is 3. The number of amides is 1. The Bertz CT molecular complexity index is 1080. The van der Waals surface area contributed by atoms with E-state index in [0.29, 0.717) is 33.6 Å². The summed E-state index contributed by atoms with van der Waals surface area (Å²) in [6.45, 7) is 0. The molecule has 1 amide bonds. The molecule has 1 unspecified atom stereocenters. The highest BCUT2D eigenvalue weighted by Crippen LogP contribution is 2.43. The molecular weight excluding hydrogens is 370 g/mol. The van der Waals surface area contributed by atoms with Crippen molar-refractivity contribution < 1.29 is 19.0 Å². The Balaban J connectivity index is 1.97. The lowest BCUT2D eigenvalue weighted by atomic mass is 9.86. The van der Waals surface area contributed by atoms with Crippen molar-refractivity contribution >= 4 is 28.0 Å². The minimum absolute atomic E-state index is 0.124. The molecular formula is C18H17N3O5S. The molecule has 3 aromatic rings. The van der Waals surface area contributed by atoms with Gasteiger partial charge in [0.15, 0.2) is 16.5 Å². The van der Waals surface area contributed by atoms with Crippen LogP contribution in [-0.4, -0.2) is 36.6 Å². The Hall–Kier alpha value is -3.07. The molecule has 4 rings (SSSR count). The van der Waals surface area contributed by atoms with Gasteiger partial charge in [-0.1, -0.05) is 0 Å². The first-order valence-corrected chi connectivity index (χ1v) is 9.04. The van der Waals surface area contributed by atoms with Crippen LogP contribution < -0.4 is 25.1 Å². The SMILES string of the molecule is COc1cc(C2CC(=O)Nc3c2c(=O)nc2sccn32)cc(OC)c1OC. The van der Waals surface area contributed by atoms with Gasteiger partial charge in [0.05, 0.1) is 26.9 Å². The topological polar surface area (TPSA) is 91.2 Å². The summed E-state index contributed by atoms with van der Waals surface area (Å²) in [4.78, 5) is 29.8. The molecule has 0 bridgehead atoms. The number of methoxy groups -OCH3 is 3. The van der Waals surface area contributed by atoms with Gasteiger partial charge in [0.25, 0.3) is 5.56 Å². The van der Waals surface area contributed by atoms with E-state index in [1.54, 1.807) is 22.7 Å². The third kappa shape index (κ3) is 2.71. The predicted octanol–water partition coefficient (Wildman–Crippen LogP) is 2.26. The number of rotatable bonds is 4. The van der Waals surface area contributed by atoms with Crippen molar-refractivity contribution in [2.24, 2.45) is 0 Å². The van der Waals surface area contributed by atoms with Crippen molar-refractivity contribution in [1.82, 2.24) is 9.38 Å². The maximum Gasteiger partial charge on any atom is 0.279 e. The number of hydrogen-bond acceptors (Lipinski definition) is 7. The highest BCUT2D eigenvalue weighted by molar-refractivity contribution is 7.15. The molecule has 1 aliphatic rings. The normalized spacial score (nSPS) is 16.0. The van der Waals surface area contributed by atoms with Crippen LogP contribution in [0.2, 0.25) is 0 Å². The summed E-state index contributed by atoms with van der Waals surface area (Å²) in [6, 6.07) is 3.52. The Kier molecular flexibility index (Phi) is 4.23. The fraction of sp³-hybridized carbons (Fsp3) is 0.278. The number of ether oxygens (including phenoxy) is 3. The van der Waals surface area contributed by atoms with Crippen molar-refractivity contribution in [2.45, 2.75) is 12.3 Å². The lowest BCUT2D eigenvalue weighted by Crippen LogP contribution is -2.31. The molecule has 3 heterocycles. The third-order valence-electron chi connectivity index (χ3n) is 4.60. The molecule has 8 nitrogen and oxygen atoms in total. The second-order valence-electron chi connectivity index (χ2n) is 6.00. The molecule has 0 fully saturated rings. The first kappa shape index (κ1) is 17.3. The van der Waals surface area contributed by atoms with Crippen molar-refractivity contribution in [3.05, 3.63) is 45.2 Å². The zero-order valence-electron chi connectivity index (χ0n) is 14.9. The molecule has 1 aliphatic heterocycles. The maximum absolute atomic E-state index is 12.7. The van der Waals surface area contributed by atoms with Crippen molar-refractivity contribution in [3.63, 3.8) is 0 Å². The fourth-order valence-electron chi connectivity index (χ4n) is 3.40. The Morgan fingerprint density at radius 1 is 1.15 bits per heavy atom. The molecule has 0 spiro atoms. The summed E-state index contributed by atoms with van der Waals surface area (Å²) in [5.74, 6) is 1.19.